The predicted octanol–water partition coefficient (Wildman–Crippen LogP) is 1.55. The molecule has 0 atom stereocenters. The van der Waals surface area contributed by atoms with Crippen LogP contribution in [0.5, 0.6) is 0 Å². The van der Waals surface area contributed by atoms with Crippen LogP contribution in [0.3, 0.4) is 0 Å². The highest BCUT2D eigenvalue weighted by molar-refractivity contribution is 7.73. The van der Waals surface area contributed by atoms with E-state index in [1.165, 1.54) is 12.1 Å². The zero-order valence-electron chi connectivity index (χ0n) is 8.03. The maximum absolute atomic E-state index is 11.8. The van der Waals surface area contributed by atoms with Crippen LogP contribution < -0.4 is 0 Å². The number of benzene rings is 1. The smallest absolute Gasteiger partial charge is 0.381 e. The molecule has 0 fully saturated rings. The molecular weight excluding hydrogens is 233 g/mol. The lowest BCUT2D eigenvalue weighted by atomic mass is 10.2. The van der Waals surface area contributed by atoms with Crippen molar-refractivity contribution in [3.63, 3.8) is 0 Å². The number of carbonyl (C=O) groups excluding carboxylic acids is 2. The summed E-state index contributed by atoms with van der Waals surface area (Å²) in [4.78, 5) is 20.3. The summed E-state index contributed by atoms with van der Waals surface area (Å²) in [6, 6.07) is 7.88. The Morgan fingerprint density at radius 2 is 1.62 bits per heavy atom. The van der Waals surface area contributed by atoms with Crippen LogP contribution in [0.2, 0.25) is 0 Å². The van der Waals surface area contributed by atoms with Gasteiger partial charge in [0.05, 0.1) is 0 Å². The number of hydrogen-bond donors (Lipinski definition) is 1. The van der Waals surface area contributed by atoms with Gasteiger partial charge in [0.25, 0.3) is 0 Å². The molecule has 0 aliphatic rings. The molecule has 0 saturated heterocycles. The van der Waals surface area contributed by atoms with Gasteiger partial charge in [-0.2, -0.15) is 0 Å². The Morgan fingerprint density at radius 3 is 2.06 bits per heavy atom. The Labute approximate surface area is 91.2 Å². The van der Waals surface area contributed by atoms with Gasteiger partial charge in [0.15, 0.2) is 5.45 Å². The minimum atomic E-state index is -4.19. The highest BCUT2D eigenvalue weighted by Gasteiger charge is 2.34. The van der Waals surface area contributed by atoms with Crippen LogP contribution in [0.25, 0.3) is 0 Å². The first-order valence-corrected chi connectivity index (χ1v) is 5.67. The first-order valence-electron chi connectivity index (χ1n) is 4.12. The first kappa shape index (κ1) is 12.1. The van der Waals surface area contributed by atoms with Gasteiger partial charge >= 0.3 is 20.5 Å². The van der Waals surface area contributed by atoms with Crippen LogP contribution in [-0.4, -0.2) is 18.4 Å². The molecule has 0 aliphatic carbocycles. The summed E-state index contributed by atoms with van der Waals surface area (Å²) in [6.45, 7) is -0.247. The second-order valence-corrected chi connectivity index (χ2v) is 4.48. The fourth-order valence-corrected chi connectivity index (χ4v) is 1.95. The van der Waals surface area contributed by atoms with Crippen molar-refractivity contribution in [3.8, 4) is 0 Å². The monoisotopic (exact) mass is 241 g/mol. The van der Waals surface area contributed by atoms with Gasteiger partial charge in [-0.25, -0.2) is 4.57 Å². The van der Waals surface area contributed by atoms with Crippen molar-refractivity contribution < 1.29 is 23.2 Å². The van der Waals surface area contributed by atoms with Crippen molar-refractivity contribution in [2.45, 2.75) is 0 Å². The number of carbonyl (C=O) groups is 2. The topological polar surface area (TPSA) is 93.5 Å². The molecule has 1 N–H and O–H groups in total. The molecule has 0 radical (unpaired) electrons. The highest BCUT2D eigenvalue weighted by Crippen LogP contribution is 2.49. The van der Waals surface area contributed by atoms with Crippen LogP contribution in [-0.2, 0) is 23.2 Å². The second kappa shape index (κ2) is 5.23. The molecule has 0 heterocycles. The van der Waals surface area contributed by atoms with Crippen LogP contribution in [0.1, 0.15) is 5.56 Å². The number of rotatable bonds is 6. The van der Waals surface area contributed by atoms with E-state index in [9.17, 15) is 14.2 Å². The van der Waals surface area contributed by atoms with Crippen LogP contribution in [0.4, 0.5) is 0 Å². The van der Waals surface area contributed by atoms with Gasteiger partial charge in [-0.15, -0.1) is 0 Å². The van der Waals surface area contributed by atoms with E-state index in [0.29, 0.717) is 0 Å². The van der Waals surface area contributed by atoms with Crippen LogP contribution in [0, 0.1) is 5.41 Å². The maximum atomic E-state index is 11.8. The van der Waals surface area contributed by atoms with E-state index in [-0.39, 0.29) is 18.5 Å². The molecule has 0 bridgehead atoms. The summed E-state index contributed by atoms with van der Waals surface area (Å²) in [6.07, 6.45) is 0. The summed E-state index contributed by atoms with van der Waals surface area (Å²) in [5, 5.41) is 7.56. The molecule has 0 spiro atoms. The summed E-state index contributed by atoms with van der Waals surface area (Å²) >= 11 is 0. The lowest BCUT2D eigenvalue weighted by Gasteiger charge is -2.13. The molecule has 0 aliphatic heterocycles. The van der Waals surface area contributed by atoms with Crippen molar-refractivity contribution in [3.05, 3.63) is 35.9 Å². The molecule has 0 amide bonds. The van der Waals surface area contributed by atoms with Gasteiger partial charge in [-0.3, -0.25) is 15.0 Å². The van der Waals surface area contributed by atoms with E-state index in [0.717, 1.165) is 0 Å². The molecular formula is C9H8NO5P. The lowest BCUT2D eigenvalue weighted by Crippen LogP contribution is -2.06. The fourth-order valence-electron chi connectivity index (χ4n) is 0.998. The molecule has 6 nitrogen and oxygen atoms in total. The average molecular weight is 241 g/mol. The normalized spacial score (nSPS) is 10.2. The van der Waals surface area contributed by atoms with Crippen molar-refractivity contribution >= 4 is 26.0 Å². The van der Waals surface area contributed by atoms with Gasteiger partial charge in [-0.1, -0.05) is 30.3 Å². The summed E-state index contributed by atoms with van der Waals surface area (Å²) in [7, 11) is -4.19. The molecule has 0 unspecified atom stereocenters. The summed E-state index contributed by atoms with van der Waals surface area (Å²) in [5.74, 6) is 0. The zero-order valence-corrected chi connectivity index (χ0v) is 8.92. The molecule has 0 aromatic heterocycles. The van der Waals surface area contributed by atoms with Crippen molar-refractivity contribution in [1.29, 1.82) is 5.41 Å². The second-order valence-electron chi connectivity index (χ2n) is 2.62. The van der Waals surface area contributed by atoms with Gasteiger partial charge in [0.2, 0.25) is 0 Å². The zero-order chi connectivity index (χ0) is 12.0. The number of nitrogens with one attached hydrogen (secondary N) is 1. The van der Waals surface area contributed by atoms with Crippen LogP contribution in [0.15, 0.2) is 30.3 Å². The maximum Gasteiger partial charge on any atom is 0.485 e. The minimum absolute atomic E-state index is 0.123. The lowest BCUT2D eigenvalue weighted by molar-refractivity contribution is -0.123. The van der Waals surface area contributed by atoms with Crippen molar-refractivity contribution in [1.82, 2.24) is 0 Å². The van der Waals surface area contributed by atoms with Crippen molar-refractivity contribution in [2.24, 2.45) is 0 Å². The predicted molar refractivity (Wildman–Crippen MR) is 55.2 cm³/mol. The third-order valence-electron chi connectivity index (χ3n) is 1.68. The molecule has 1 aromatic rings. The Balaban J connectivity index is 3.05. The van der Waals surface area contributed by atoms with E-state index < -0.39 is 13.0 Å². The average Bonchev–Trinajstić information content (AvgIpc) is 2.30. The Morgan fingerprint density at radius 1 is 1.12 bits per heavy atom. The Hall–Kier alpha value is -1.94. The largest absolute Gasteiger partial charge is 0.485 e. The number of hydrogen-bond acceptors (Lipinski definition) is 6. The van der Waals surface area contributed by atoms with Gasteiger partial charge in [0, 0.05) is 5.56 Å². The minimum Gasteiger partial charge on any atom is -0.381 e. The molecule has 16 heavy (non-hydrogen) atoms. The Bertz CT molecular complexity index is 430. The van der Waals surface area contributed by atoms with E-state index in [4.69, 9.17) is 5.41 Å². The quantitative estimate of drug-likeness (QED) is 0.463. The summed E-state index contributed by atoms with van der Waals surface area (Å²) < 4.78 is 20.1. The first-order chi connectivity index (χ1) is 7.64. The third-order valence-corrected chi connectivity index (χ3v) is 3.22. The molecule has 7 heteroatoms. The van der Waals surface area contributed by atoms with E-state index in [2.05, 4.69) is 9.05 Å². The molecule has 1 rings (SSSR count). The Kier molecular flexibility index (Phi) is 3.96. The molecule has 1 aromatic carbocycles. The van der Waals surface area contributed by atoms with E-state index in [1.54, 1.807) is 18.2 Å². The van der Waals surface area contributed by atoms with E-state index >= 15 is 0 Å². The van der Waals surface area contributed by atoms with Gasteiger partial charge in [-0.05, 0) is 0 Å². The summed E-state index contributed by atoms with van der Waals surface area (Å²) in [5.41, 5.74) is -0.304. The standard InChI is InChI=1S/C9H8NO5P/c10-9(8-4-2-1-3-5-8)16(13,14-6-11)15-7-12/h1-7,10H. The van der Waals surface area contributed by atoms with Gasteiger partial charge < -0.3 is 9.05 Å². The molecule has 0 saturated carbocycles. The fraction of sp³-hybridized carbons (Fsp3) is 0. The molecule has 84 valence electrons. The van der Waals surface area contributed by atoms with Gasteiger partial charge in [0.1, 0.15) is 0 Å². The van der Waals surface area contributed by atoms with Crippen molar-refractivity contribution in [2.75, 3.05) is 0 Å². The van der Waals surface area contributed by atoms with Crippen LogP contribution >= 0.6 is 7.60 Å². The SMILES string of the molecule is N=C(c1ccccc1)P(=O)(OC=O)OC=O. The highest BCUT2D eigenvalue weighted by atomic mass is 31.2. The third kappa shape index (κ3) is 2.55. The van der Waals surface area contributed by atoms with E-state index in [1.807, 2.05) is 0 Å².